The maximum absolute atomic E-state index is 2.38. The summed E-state index contributed by atoms with van der Waals surface area (Å²) in [5.74, 6) is 0. The number of hydrogen-bond acceptors (Lipinski definition) is 3. The molecule has 0 fully saturated rings. The summed E-state index contributed by atoms with van der Waals surface area (Å²) >= 11 is 0. The lowest BCUT2D eigenvalue weighted by molar-refractivity contribution is 1.29. The van der Waals surface area contributed by atoms with E-state index in [4.69, 9.17) is 0 Å². The van der Waals surface area contributed by atoms with E-state index in [1.807, 2.05) is 0 Å². The normalized spacial score (nSPS) is 11.4. The fraction of sp³-hybridized carbons (Fsp3) is 0. The Morgan fingerprint density at radius 2 is 0.521 bits per heavy atom. The molecule has 13 rings (SSSR count). The average molecular weight is 906 g/mol. The van der Waals surface area contributed by atoms with Crippen molar-refractivity contribution in [3.63, 3.8) is 0 Å². The molecule has 0 aliphatic heterocycles. The van der Waals surface area contributed by atoms with E-state index < -0.39 is 0 Å². The molecule has 0 aromatic heterocycles. The van der Waals surface area contributed by atoms with Crippen molar-refractivity contribution in [2.45, 2.75) is 0 Å². The predicted molar refractivity (Wildman–Crippen MR) is 303 cm³/mol. The molecule has 334 valence electrons. The first-order valence-electron chi connectivity index (χ1n) is 24.3. The number of anilines is 9. The molecular weight excluding hydrogens is 859 g/mol. The zero-order valence-corrected chi connectivity index (χ0v) is 39.0. The zero-order valence-electron chi connectivity index (χ0n) is 39.0. The van der Waals surface area contributed by atoms with Gasteiger partial charge in [-0.05, 0) is 157 Å². The first kappa shape index (κ1) is 41.7. The second-order valence-corrected chi connectivity index (χ2v) is 18.2. The first-order chi connectivity index (χ1) is 35.2. The molecule has 0 saturated heterocycles. The van der Waals surface area contributed by atoms with Gasteiger partial charge in [-0.15, -0.1) is 0 Å². The molecule has 0 spiro atoms. The van der Waals surface area contributed by atoms with Gasteiger partial charge in [0.05, 0.1) is 11.4 Å². The van der Waals surface area contributed by atoms with Crippen LogP contribution in [0.15, 0.2) is 285 Å². The summed E-state index contributed by atoms with van der Waals surface area (Å²) in [7, 11) is 0. The molecule has 71 heavy (non-hydrogen) atoms. The van der Waals surface area contributed by atoms with Gasteiger partial charge in [0.1, 0.15) is 0 Å². The van der Waals surface area contributed by atoms with Gasteiger partial charge in [-0.3, -0.25) is 0 Å². The highest BCUT2D eigenvalue weighted by Crippen LogP contribution is 2.44. The maximum atomic E-state index is 2.38. The Labute approximate surface area is 414 Å². The molecule has 13 aromatic carbocycles. The van der Waals surface area contributed by atoms with Crippen molar-refractivity contribution >= 4 is 105 Å². The predicted octanol–water partition coefficient (Wildman–Crippen LogP) is 19.5. The number of hydrogen-bond donors (Lipinski definition) is 0. The molecular formula is C68H47N3. The highest BCUT2D eigenvalue weighted by molar-refractivity contribution is 6.10. The first-order valence-corrected chi connectivity index (χ1v) is 24.3. The maximum Gasteiger partial charge on any atom is 0.0540 e. The summed E-state index contributed by atoms with van der Waals surface area (Å²) in [6.45, 7) is 0. The largest absolute Gasteiger partial charge is 0.310 e. The molecule has 0 aliphatic carbocycles. The molecule has 0 saturated carbocycles. The molecule has 0 amide bonds. The van der Waals surface area contributed by atoms with Gasteiger partial charge < -0.3 is 14.7 Å². The Morgan fingerprint density at radius 1 is 0.169 bits per heavy atom. The van der Waals surface area contributed by atoms with E-state index in [9.17, 15) is 0 Å². The van der Waals surface area contributed by atoms with Crippen molar-refractivity contribution in [1.29, 1.82) is 0 Å². The minimum atomic E-state index is 1.11. The van der Waals surface area contributed by atoms with Crippen LogP contribution >= 0.6 is 0 Å². The lowest BCUT2D eigenvalue weighted by Crippen LogP contribution is -2.10. The number of fused-ring (bicyclic) bond motifs is 6. The van der Waals surface area contributed by atoms with Crippen LogP contribution in [-0.2, 0) is 0 Å². The Kier molecular flexibility index (Phi) is 10.5. The molecule has 0 N–H and O–H groups in total. The number of rotatable bonds is 10. The van der Waals surface area contributed by atoms with Crippen LogP contribution in [0.4, 0.5) is 51.2 Å². The van der Waals surface area contributed by atoms with Crippen molar-refractivity contribution in [1.82, 2.24) is 0 Å². The van der Waals surface area contributed by atoms with Crippen molar-refractivity contribution in [2.24, 2.45) is 0 Å². The summed E-state index contributed by atoms with van der Waals surface area (Å²) in [5.41, 5.74) is 12.5. The van der Waals surface area contributed by atoms with Crippen molar-refractivity contribution in [2.75, 3.05) is 14.7 Å². The number of nitrogens with zero attached hydrogens (tertiary/aromatic N) is 3. The van der Waals surface area contributed by atoms with E-state index in [-0.39, 0.29) is 0 Å². The average Bonchev–Trinajstić information content (AvgIpc) is 3.44. The third kappa shape index (κ3) is 7.76. The highest BCUT2D eigenvalue weighted by Gasteiger charge is 2.19. The van der Waals surface area contributed by atoms with Crippen LogP contribution in [0.25, 0.3) is 65.0 Å². The van der Waals surface area contributed by atoms with E-state index in [0.717, 1.165) is 51.2 Å². The van der Waals surface area contributed by atoms with Gasteiger partial charge in [-0.2, -0.15) is 0 Å². The molecule has 0 radical (unpaired) electrons. The summed E-state index contributed by atoms with van der Waals surface area (Å²) in [4.78, 5) is 7.10. The summed E-state index contributed by atoms with van der Waals surface area (Å²) in [5, 5.41) is 12.1. The number of benzene rings is 13. The van der Waals surface area contributed by atoms with Crippen LogP contribution in [0, 0.1) is 0 Å². The van der Waals surface area contributed by atoms with Gasteiger partial charge in [-0.1, -0.05) is 182 Å². The van der Waals surface area contributed by atoms with Gasteiger partial charge in [0, 0.05) is 50.6 Å². The number of para-hydroxylation sites is 3. The second kappa shape index (κ2) is 17.9. The van der Waals surface area contributed by atoms with E-state index >= 15 is 0 Å². The highest BCUT2D eigenvalue weighted by atomic mass is 15.2. The quantitative estimate of drug-likeness (QED) is 0.127. The Morgan fingerprint density at radius 3 is 1.07 bits per heavy atom. The van der Waals surface area contributed by atoms with Gasteiger partial charge in [-0.25, -0.2) is 0 Å². The van der Waals surface area contributed by atoms with Gasteiger partial charge >= 0.3 is 0 Å². The Hall–Kier alpha value is -9.44. The van der Waals surface area contributed by atoms with Crippen LogP contribution in [0.5, 0.6) is 0 Å². The SMILES string of the molecule is c1ccc(N(c2ccc3cc(-c4ccc(N(c5ccccc5)c5cccc6ccccc56)cc4)ccc3c2)c2ccc3c(ccc4cc(N(c5ccccc5)c5cccc6ccccc56)ccc43)c2)cc1. The van der Waals surface area contributed by atoms with Crippen LogP contribution in [0.2, 0.25) is 0 Å². The summed E-state index contributed by atoms with van der Waals surface area (Å²) in [6, 6.07) is 103. The zero-order chi connectivity index (χ0) is 47.1. The molecule has 3 heteroatoms. The lowest BCUT2D eigenvalue weighted by atomic mass is 9.99. The Bertz CT molecular complexity index is 4050. The van der Waals surface area contributed by atoms with Gasteiger partial charge in [0.15, 0.2) is 0 Å². The van der Waals surface area contributed by atoms with Crippen LogP contribution in [0.3, 0.4) is 0 Å². The van der Waals surface area contributed by atoms with E-state index in [0.29, 0.717) is 0 Å². The molecule has 0 unspecified atom stereocenters. The van der Waals surface area contributed by atoms with Crippen LogP contribution in [-0.4, -0.2) is 0 Å². The minimum absolute atomic E-state index is 1.11. The molecule has 0 bridgehead atoms. The van der Waals surface area contributed by atoms with Crippen LogP contribution < -0.4 is 14.7 Å². The van der Waals surface area contributed by atoms with E-state index in [2.05, 4.69) is 300 Å². The smallest absolute Gasteiger partial charge is 0.0540 e. The van der Waals surface area contributed by atoms with Crippen LogP contribution in [0.1, 0.15) is 0 Å². The fourth-order valence-electron chi connectivity index (χ4n) is 10.5. The lowest BCUT2D eigenvalue weighted by Gasteiger charge is -2.27. The minimum Gasteiger partial charge on any atom is -0.310 e. The van der Waals surface area contributed by atoms with Crippen molar-refractivity contribution in [3.8, 4) is 11.1 Å². The molecule has 0 aliphatic rings. The summed E-state index contributed by atoms with van der Waals surface area (Å²) in [6.07, 6.45) is 0. The second-order valence-electron chi connectivity index (χ2n) is 18.2. The molecule has 13 aromatic rings. The van der Waals surface area contributed by atoms with E-state index in [1.54, 1.807) is 0 Å². The fourth-order valence-corrected chi connectivity index (χ4v) is 10.5. The molecule has 3 nitrogen and oxygen atoms in total. The molecule has 0 heterocycles. The van der Waals surface area contributed by atoms with E-state index in [1.165, 1.54) is 65.0 Å². The van der Waals surface area contributed by atoms with Crippen molar-refractivity contribution in [3.05, 3.63) is 285 Å². The van der Waals surface area contributed by atoms with Gasteiger partial charge in [0.25, 0.3) is 0 Å². The Balaban J connectivity index is 0.828. The third-order valence-corrected chi connectivity index (χ3v) is 13.9. The topological polar surface area (TPSA) is 9.72 Å². The third-order valence-electron chi connectivity index (χ3n) is 13.9. The van der Waals surface area contributed by atoms with Crippen molar-refractivity contribution < 1.29 is 0 Å². The van der Waals surface area contributed by atoms with Gasteiger partial charge in [0.2, 0.25) is 0 Å². The molecule has 0 atom stereocenters. The monoisotopic (exact) mass is 905 g/mol. The summed E-state index contributed by atoms with van der Waals surface area (Å²) < 4.78 is 0. The standard InChI is InChI=1S/C68H47N3/c1-4-20-56(21-5-1)69(61-40-42-63-54(46-61)32-33-55-47-62(41-43-64(55)63)71(58-24-8-3-9-25-58)68-29-15-19-50-17-11-13-27-66(50)68)60-39-36-52-44-51(30-31-53(52)45-60)48-34-37-59(38-35-48)70(57-22-6-2-7-23-57)67-28-14-18-49-16-10-12-26-65(49)67/h1-47H.